The highest BCUT2D eigenvalue weighted by atomic mass is 16.2. The molecule has 6 heteroatoms. The lowest BCUT2D eigenvalue weighted by Crippen LogP contribution is -2.48. The van der Waals surface area contributed by atoms with Crippen molar-refractivity contribution in [2.75, 3.05) is 36.4 Å². The average Bonchev–Trinajstić information content (AvgIpc) is 2.67. The van der Waals surface area contributed by atoms with Crippen molar-refractivity contribution in [2.45, 2.75) is 26.8 Å². The zero-order chi connectivity index (χ0) is 20.1. The van der Waals surface area contributed by atoms with E-state index < -0.39 is 0 Å². The molecule has 2 N–H and O–H groups in total. The number of nitrogens with zero attached hydrogens (tertiary/aromatic N) is 2. The molecule has 1 fully saturated rings. The van der Waals surface area contributed by atoms with Gasteiger partial charge in [-0.1, -0.05) is 12.1 Å². The van der Waals surface area contributed by atoms with Gasteiger partial charge in [-0.25, -0.2) is 4.79 Å². The predicted octanol–water partition coefficient (Wildman–Crippen LogP) is 3.49. The molecule has 0 unspecified atom stereocenters. The predicted molar refractivity (Wildman–Crippen MR) is 113 cm³/mol. The minimum atomic E-state index is -0.249. The molecule has 1 aliphatic rings. The average molecular weight is 380 g/mol. The zero-order valence-electron chi connectivity index (χ0n) is 16.7. The molecular weight excluding hydrogens is 352 g/mol. The Hall–Kier alpha value is -3.02. The van der Waals surface area contributed by atoms with Gasteiger partial charge in [0.25, 0.3) is 5.91 Å². The number of nitrogens with one attached hydrogen (secondary N) is 2. The molecule has 2 aromatic carbocycles. The van der Waals surface area contributed by atoms with Gasteiger partial charge in [-0.15, -0.1) is 0 Å². The van der Waals surface area contributed by atoms with Gasteiger partial charge in [0.15, 0.2) is 0 Å². The van der Waals surface area contributed by atoms with Gasteiger partial charge in [-0.2, -0.15) is 0 Å². The molecule has 1 saturated heterocycles. The third kappa shape index (κ3) is 5.03. The highest BCUT2D eigenvalue weighted by Crippen LogP contribution is 2.19. The molecule has 0 radical (unpaired) electrons. The normalized spacial score (nSPS) is 14.1. The van der Waals surface area contributed by atoms with E-state index >= 15 is 0 Å². The number of anilines is 2. The van der Waals surface area contributed by atoms with Gasteiger partial charge in [-0.05, 0) is 62.7 Å². The summed E-state index contributed by atoms with van der Waals surface area (Å²) in [6.07, 6.45) is 0. The van der Waals surface area contributed by atoms with Crippen LogP contribution in [0.2, 0.25) is 0 Å². The number of urea groups is 1. The maximum atomic E-state index is 12.8. The summed E-state index contributed by atoms with van der Waals surface area (Å²) in [7, 11) is 0. The summed E-state index contributed by atoms with van der Waals surface area (Å²) in [5, 5.41) is 5.54. The van der Waals surface area contributed by atoms with E-state index in [0.29, 0.717) is 24.3 Å². The Morgan fingerprint density at radius 1 is 0.964 bits per heavy atom. The Kier molecular flexibility index (Phi) is 6.19. The molecular formula is C22H28N4O2. The molecule has 1 aliphatic heterocycles. The fourth-order valence-electron chi connectivity index (χ4n) is 3.30. The minimum Gasteiger partial charge on any atom is -0.368 e. The van der Waals surface area contributed by atoms with E-state index in [2.05, 4.69) is 46.7 Å². The van der Waals surface area contributed by atoms with E-state index in [1.165, 1.54) is 11.3 Å². The number of aryl methyl sites for hydroxylation is 1. The van der Waals surface area contributed by atoms with Crippen molar-refractivity contribution in [2.24, 2.45) is 0 Å². The van der Waals surface area contributed by atoms with Crippen LogP contribution in [0.1, 0.15) is 29.8 Å². The number of hydrogen-bond acceptors (Lipinski definition) is 3. The van der Waals surface area contributed by atoms with Gasteiger partial charge in [0.05, 0.1) is 0 Å². The summed E-state index contributed by atoms with van der Waals surface area (Å²) >= 11 is 0. The summed E-state index contributed by atoms with van der Waals surface area (Å²) < 4.78 is 0. The smallest absolute Gasteiger partial charge is 0.319 e. The first kappa shape index (κ1) is 19.7. The Bertz CT molecular complexity index is 825. The Morgan fingerprint density at radius 3 is 2.25 bits per heavy atom. The molecule has 1 heterocycles. The quantitative estimate of drug-likeness (QED) is 0.853. The molecule has 3 amide bonds. The molecule has 28 heavy (non-hydrogen) atoms. The highest BCUT2D eigenvalue weighted by molar-refractivity contribution is 5.95. The van der Waals surface area contributed by atoms with Crippen LogP contribution >= 0.6 is 0 Å². The van der Waals surface area contributed by atoms with Crippen molar-refractivity contribution in [1.82, 2.24) is 10.2 Å². The maximum absolute atomic E-state index is 12.8. The van der Waals surface area contributed by atoms with Crippen LogP contribution in [-0.2, 0) is 0 Å². The Morgan fingerprint density at radius 2 is 1.64 bits per heavy atom. The van der Waals surface area contributed by atoms with E-state index in [1.807, 2.05) is 18.7 Å². The van der Waals surface area contributed by atoms with Gasteiger partial charge < -0.3 is 20.4 Å². The fraction of sp³-hybridized carbons (Fsp3) is 0.364. The topological polar surface area (TPSA) is 64.7 Å². The van der Waals surface area contributed by atoms with E-state index in [1.54, 1.807) is 24.3 Å². The number of piperazine rings is 1. The second-order valence-corrected chi connectivity index (χ2v) is 7.45. The Balaban J connectivity index is 1.55. The zero-order valence-corrected chi connectivity index (χ0v) is 16.7. The van der Waals surface area contributed by atoms with E-state index in [9.17, 15) is 9.59 Å². The lowest BCUT2D eigenvalue weighted by molar-refractivity contribution is 0.0747. The number of amides is 3. The number of hydrogen-bond donors (Lipinski definition) is 2. The number of carbonyl (C=O) groups is 2. The summed E-state index contributed by atoms with van der Waals surface area (Å²) in [4.78, 5) is 28.7. The van der Waals surface area contributed by atoms with Gasteiger partial charge in [0.1, 0.15) is 0 Å². The minimum absolute atomic E-state index is 0.0297. The van der Waals surface area contributed by atoms with Crippen molar-refractivity contribution < 1.29 is 9.59 Å². The lowest BCUT2D eigenvalue weighted by atomic mass is 10.1. The summed E-state index contributed by atoms with van der Waals surface area (Å²) in [5.41, 5.74) is 3.76. The van der Waals surface area contributed by atoms with Crippen molar-refractivity contribution in [1.29, 1.82) is 0 Å². The summed E-state index contributed by atoms with van der Waals surface area (Å²) in [5.74, 6) is 0.0297. The largest absolute Gasteiger partial charge is 0.368 e. The van der Waals surface area contributed by atoms with Crippen molar-refractivity contribution in [3.63, 3.8) is 0 Å². The first-order chi connectivity index (χ1) is 13.4. The van der Waals surface area contributed by atoms with Crippen LogP contribution in [0.15, 0.2) is 48.5 Å². The van der Waals surface area contributed by atoms with Crippen LogP contribution in [0.3, 0.4) is 0 Å². The standard InChI is InChI=1S/C22H28N4O2/c1-16(2)23-22(28)24-19-9-7-18(8-10-19)21(27)26-13-11-25(12-14-26)20-6-4-5-17(3)15-20/h4-10,15-16H,11-14H2,1-3H3,(H2,23,24,28). The second kappa shape index (κ2) is 8.78. The monoisotopic (exact) mass is 380 g/mol. The van der Waals surface area contributed by atoms with Crippen molar-refractivity contribution >= 4 is 23.3 Å². The molecule has 0 atom stereocenters. The van der Waals surface area contributed by atoms with Crippen molar-refractivity contribution in [3.05, 3.63) is 59.7 Å². The summed E-state index contributed by atoms with van der Waals surface area (Å²) in [6, 6.07) is 15.3. The molecule has 0 spiro atoms. The fourth-order valence-corrected chi connectivity index (χ4v) is 3.30. The molecule has 0 aliphatic carbocycles. The third-order valence-electron chi connectivity index (χ3n) is 4.74. The first-order valence-corrected chi connectivity index (χ1v) is 9.71. The number of carbonyl (C=O) groups excluding carboxylic acids is 2. The van der Waals surface area contributed by atoms with Crippen LogP contribution in [0.25, 0.3) is 0 Å². The molecule has 0 aromatic heterocycles. The SMILES string of the molecule is Cc1cccc(N2CCN(C(=O)c3ccc(NC(=O)NC(C)C)cc3)CC2)c1. The highest BCUT2D eigenvalue weighted by Gasteiger charge is 2.22. The van der Waals surface area contributed by atoms with Gasteiger partial charge in [-0.3, -0.25) is 4.79 Å². The van der Waals surface area contributed by atoms with E-state index in [0.717, 1.165) is 13.1 Å². The number of benzene rings is 2. The third-order valence-corrected chi connectivity index (χ3v) is 4.74. The van der Waals surface area contributed by atoms with Crippen molar-refractivity contribution in [3.8, 4) is 0 Å². The van der Waals surface area contributed by atoms with Crippen LogP contribution in [0.4, 0.5) is 16.2 Å². The van der Waals surface area contributed by atoms with Gasteiger partial charge in [0.2, 0.25) is 0 Å². The molecule has 0 saturated carbocycles. The van der Waals surface area contributed by atoms with Crippen LogP contribution < -0.4 is 15.5 Å². The maximum Gasteiger partial charge on any atom is 0.319 e. The van der Waals surface area contributed by atoms with Crippen LogP contribution in [-0.4, -0.2) is 49.1 Å². The number of rotatable bonds is 4. The summed E-state index contributed by atoms with van der Waals surface area (Å²) in [6.45, 7) is 8.94. The molecule has 3 rings (SSSR count). The second-order valence-electron chi connectivity index (χ2n) is 7.45. The molecule has 148 valence electrons. The van der Waals surface area contributed by atoms with Gasteiger partial charge >= 0.3 is 6.03 Å². The molecule has 2 aromatic rings. The molecule has 6 nitrogen and oxygen atoms in total. The van der Waals surface area contributed by atoms with Crippen LogP contribution in [0, 0.1) is 6.92 Å². The van der Waals surface area contributed by atoms with E-state index in [4.69, 9.17) is 0 Å². The van der Waals surface area contributed by atoms with Gasteiger partial charge in [0, 0.05) is 49.2 Å². The molecule has 0 bridgehead atoms. The lowest BCUT2D eigenvalue weighted by Gasteiger charge is -2.36. The Labute approximate surface area is 166 Å². The first-order valence-electron chi connectivity index (χ1n) is 9.71. The van der Waals surface area contributed by atoms with Crippen LogP contribution in [0.5, 0.6) is 0 Å². The van der Waals surface area contributed by atoms with E-state index in [-0.39, 0.29) is 18.0 Å².